The van der Waals surface area contributed by atoms with Gasteiger partial charge in [-0.2, -0.15) is 0 Å². The van der Waals surface area contributed by atoms with Crippen LogP contribution in [-0.4, -0.2) is 40.1 Å². The summed E-state index contributed by atoms with van der Waals surface area (Å²) >= 11 is 0. The maximum absolute atomic E-state index is 12.1. The van der Waals surface area contributed by atoms with Crippen molar-refractivity contribution in [2.24, 2.45) is 0 Å². The van der Waals surface area contributed by atoms with Gasteiger partial charge < -0.3 is 4.74 Å². The van der Waals surface area contributed by atoms with Crippen molar-refractivity contribution in [3.05, 3.63) is 46.0 Å². The molecule has 0 unspecified atom stereocenters. The number of aryl methyl sites for hydroxylation is 1. The van der Waals surface area contributed by atoms with Gasteiger partial charge >= 0.3 is 0 Å². The monoisotopic (exact) mass is 273 g/mol. The third kappa shape index (κ3) is 2.73. The zero-order chi connectivity index (χ0) is 14.1. The molecule has 1 fully saturated rings. The molecule has 0 spiro atoms. The van der Waals surface area contributed by atoms with Gasteiger partial charge in [-0.05, 0) is 25.5 Å². The summed E-state index contributed by atoms with van der Waals surface area (Å²) in [6, 6.07) is 5.50. The second-order valence-corrected chi connectivity index (χ2v) is 5.44. The van der Waals surface area contributed by atoms with Gasteiger partial charge in [0.15, 0.2) is 0 Å². The molecule has 1 atom stereocenters. The van der Waals surface area contributed by atoms with Crippen molar-refractivity contribution in [2.75, 3.05) is 19.7 Å². The maximum atomic E-state index is 12.1. The molecule has 3 heterocycles. The Morgan fingerprint density at radius 3 is 3.10 bits per heavy atom. The number of hydrogen-bond acceptors (Lipinski definition) is 4. The van der Waals surface area contributed by atoms with Gasteiger partial charge in [0.25, 0.3) is 5.56 Å². The molecule has 0 saturated carbocycles. The SMILES string of the molecule is Cc1ccc2nc(CN3CCO[C@H](C)C3)cc(=O)n2c1. The van der Waals surface area contributed by atoms with E-state index in [9.17, 15) is 4.79 Å². The van der Waals surface area contributed by atoms with Crippen LogP contribution in [0.1, 0.15) is 18.2 Å². The fraction of sp³-hybridized carbons (Fsp3) is 0.467. The Morgan fingerprint density at radius 2 is 2.30 bits per heavy atom. The van der Waals surface area contributed by atoms with Gasteiger partial charge in [-0.25, -0.2) is 4.98 Å². The van der Waals surface area contributed by atoms with Crippen LogP contribution in [0.3, 0.4) is 0 Å². The average molecular weight is 273 g/mol. The molecule has 20 heavy (non-hydrogen) atoms. The predicted molar refractivity (Wildman–Crippen MR) is 76.9 cm³/mol. The highest BCUT2D eigenvalue weighted by Gasteiger charge is 2.17. The molecule has 106 valence electrons. The quantitative estimate of drug-likeness (QED) is 0.825. The summed E-state index contributed by atoms with van der Waals surface area (Å²) in [4.78, 5) is 19.0. The number of pyridine rings is 1. The Labute approximate surface area is 117 Å². The molecular formula is C15H19N3O2. The van der Waals surface area contributed by atoms with Gasteiger partial charge in [-0.3, -0.25) is 14.1 Å². The summed E-state index contributed by atoms with van der Waals surface area (Å²) in [6.45, 7) is 7.25. The average Bonchev–Trinajstić information content (AvgIpc) is 2.40. The molecule has 2 aromatic rings. The van der Waals surface area contributed by atoms with Crippen molar-refractivity contribution in [1.82, 2.24) is 14.3 Å². The van der Waals surface area contributed by atoms with E-state index in [1.165, 1.54) is 0 Å². The van der Waals surface area contributed by atoms with E-state index in [-0.39, 0.29) is 11.7 Å². The fourth-order valence-electron chi connectivity index (χ4n) is 2.60. The highest BCUT2D eigenvalue weighted by atomic mass is 16.5. The molecule has 0 bridgehead atoms. The van der Waals surface area contributed by atoms with E-state index in [2.05, 4.69) is 16.8 Å². The van der Waals surface area contributed by atoms with Gasteiger partial charge in [0, 0.05) is 31.9 Å². The first kappa shape index (κ1) is 13.3. The first-order chi connectivity index (χ1) is 9.61. The standard InChI is InChI=1S/C15H19N3O2/c1-11-3-4-14-16-13(7-15(19)18(14)8-11)10-17-5-6-20-12(2)9-17/h3-4,7-8,12H,5-6,9-10H2,1-2H3/t12-/m1/s1. The van der Waals surface area contributed by atoms with Gasteiger partial charge in [0.1, 0.15) is 5.65 Å². The third-order valence-corrected chi connectivity index (χ3v) is 3.57. The minimum atomic E-state index is -0.0185. The van der Waals surface area contributed by atoms with Gasteiger partial charge in [0.2, 0.25) is 0 Å². The minimum Gasteiger partial charge on any atom is -0.376 e. The van der Waals surface area contributed by atoms with Crippen molar-refractivity contribution in [3.63, 3.8) is 0 Å². The molecule has 3 rings (SSSR count). The number of morpholine rings is 1. The van der Waals surface area contributed by atoms with E-state index in [0.717, 1.165) is 31.0 Å². The molecule has 5 nitrogen and oxygen atoms in total. The smallest absolute Gasteiger partial charge is 0.258 e. The first-order valence-electron chi connectivity index (χ1n) is 6.95. The highest BCUT2D eigenvalue weighted by Crippen LogP contribution is 2.09. The predicted octanol–water partition coefficient (Wildman–Crippen LogP) is 1.22. The lowest BCUT2D eigenvalue weighted by Crippen LogP contribution is -2.40. The molecule has 0 radical (unpaired) electrons. The van der Waals surface area contributed by atoms with E-state index in [0.29, 0.717) is 12.2 Å². The van der Waals surface area contributed by atoms with E-state index < -0.39 is 0 Å². The molecule has 0 N–H and O–H groups in total. The van der Waals surface area contributed by atoms with Crippen molar-refractivity contribution >= 4 is 5.65 Å². The number of aromatic nitrogens is 2. The molecule has 2 aromatic heterocycles. The van der Waals surface area contributed by atoms with Crippen LogP contribution in [0.15, 0.2) is 29.2 Å². The largest absolute Gasteiger partial charge is 0.376 e. The topological polar surface area (TPSA) is 46.8 Å². The molecule has 5 heteroatoms. The van der Waals surface area contributed by atoms with Crippen LogP contribution in [0.4, 0.5) is 0 Å². The number of ether oxygens (including phenoxy) is 1. The van der Waals surface area contributed by atoms with Gasteiger partial charge in [-0.15, -0.1) is 0 Å². The normalized spacial score (nSPS) is 20.4. The van der Waals surface area contributed by atoms with Crippen LogP contribution < -0.4 is 5.56 Å². The Kier molecular flexibility index (Phi) is 3.54. The molecule has 1 aliphatic rings. The molecule has 1 aliphatic heterocycles. The Bertz CT molecular complexity index is 680. The lowest BCUT2D eigenvalue weighted by Gasteiger charge is -2.30. The van der Waals surface area contributed by atoms with E-state index in [4.69, 9.17) is 4.74 Å². The van der Waals surface area contributed by atoms with Crippen molar-refractivity contribution in [1.29, 1.82) is 0 Å². The van der Waals surface area contributed by atoms with Crippen LogP contribution in [0, 0.1) is 6.92 Å². The molecular weight excluding hydrogens is 254 g/mol. The summed E-state index contributed by atoms with van der Waals surface area (Å²) < 4.78 is 7.12. The first-order valence-corrected chi connectivity index (χ1v) is 6.95. The Hall–Kier alpha value is -1.72. The summed E-state index contributed by atoms with van der Waals surface area (Å²) in [6.07, 6.45) is 2.07. The second-order valence-electron chi connectivity index (χ2n) is 5.44. The Morgan fingerprint density at radius 1 is 1.45 bits per heavy atom. The molecule has 0 aliphatic carbocycles. The second kappa shape index (κ2) is 5.34. The number of hydrogen-bond donors (Lipinski definition) is 0. The van der Waals surface area contributed by atoms with Crippen LogP contribution in [-0.2, 0) is 11.3 Å². The lowest BCUT2D eigenvalue weighted by molar-refractivity contribution is -0.0215. The maximum Gasteiger partial charge on any atom is 0.258 e. The van der Waals surface area contributed by atoms with E-state index >= 15 is 0 Å². The van der Waals surface area contributed by atoms with Crippen LogP contribution in [0.5, 0.6) is 0 Å². The van der Waals surface area contributed by atoms with E-state index in [1.54, 1.807) is 10.5 Å². The van der Waals surface area contributed by atoms with Crippen LogP contribution in [0.2, 0.25) is 0 Å². The van der Waals surface area contributed by atoms with E-state index in [1.807, 2.05) is 25.3 Å². The van der Waals surface area contributed by atoms with Crippen molar-refractivity contribution in [3.8, 4) is 0 Å². The summed E-state index contributed by atoms with van der Waals surface area (Å²) in [7, 11) is 0. The van der Waals surface area contributed by atoms with Crippen molar-refractivity contribution < 1.29 is 4.74 Å². The lowest BCUT2D eigenvalue weighted by atomic mass is 10.2. The minimum absolute atomic E-state index is 0.0185. The zero-order valence-corrected chi connectivity index (χ0v) is 11.9. The van der Waals surface area contributed by atoms with Crippen LogP contribution in [0.25, 0.3) is 5.65 Å². The number of nitrogens with zero attached hydrogens (tertiary/aromatic N) is 3. The molecule has 0 aromatic carbocycles. The molecule has 1 saturated heterocycles. The number of fused-ring (bicyclic) bond motifs is 1. The van der Waals surface area contributed by atoms with Gasteiger partial charge in [-0.1, -0.05) is 6.07 Å². The number of rotatable bonds is 2. The molecule has 0 amide bonds. The zero-order valence-electron chi connectivity index (χ0n) is 11.9. The fourth-order valence-corrected chi connectivity index (χ4v) is 2.60. The Balaban J connectivity index is 1.89. The summed E-state index contributed by atoms with van der Waals surface area (Å²) in [5.74, 6) is 0. The third-order valence-electron chi connectivity index (χ3n) is 3.57. The van der Waals surface area contributed by atoms with Gasteiger partial charge in [0.05, 0.1) is 18.4 Å². The van der Waals surface area contributed by atoms with Crippen LogP contribution >= 0.6 is 0 Å². The highest BCUT2D eigenvalue weighted by molar-refractivity contribution is 5.39. The van der Waals surface area contributed by atoms with Crippen molar-refractivity contribution in [2.45, 2.75) is 26.5 Å². The summed E-state index contributed by atoms with van der Waals surface area (Å²) in [5, 5.41) is 0. The summed E-state index contributed by atoms with van der Waals surface area (Å²) in [5.41, 5.74) is 2.57.